The second kappa shape index (κ2) is 12.8. The Hall–Kier alpha value is -3.71. The van der Waals surface area contributed by atoms with Gasteiger partial charge in [0.05, 0.1) is 46.4 Å². The van der Waals surface area contributed by atoms with E-state index in [1.165, 1.54) is 7.11 Å². The second-order valence-electron chi connectivity index (χ2n) is 7.83. The topological polar surface area (TPSA) is 133 Å². The summed E-state index contributed by atoms with van der Waals surface area (Å²) < 4.78 is 26.7. The van der Waals surface area contributed by atoms with E-state index >= 15 is 0 Å². The van der Waals surface area contributed by atoms with Crippen LogP contribution in [0.1, 0.15) is 12.5 Å². The Balaban J connectivity index is 1.46. The van der Waals surface area contributed by atoms with Gasteiger partial charge in [0.15, 0.2) is 18.1 Å². The zero-order valence-corrected chi connectivity index (χ0v) is 20.5. The van der Waals surface area contributed by atoms with Gasteiger partial charge in [-0.3, -0.25) is 0 Å². The highest BCUT2D eigenvalue weighted by Crippen LogP contribution is 2.27. The summed E-state index contributed by atoms with van der Waals surface area (Å²) in [6.07, 6.45) is 1.62. The second-order valence-corrected chi connectivity index (χ2v) is 7.83. The van der Waals surface area contributed by atoms with Crippen LogP contribution in [0, 0.1) is 0 Å². The van der Waals surface area contributed by atoms with Crippen molar-refractivity contribution < 1.29 is 28.5 Å². The van der Waals surface area contributed by atoms with E-state index in [2.05, 4.69) is 35.3 Å². The Labute approximate surface area is 209 Å². The molecule has 36 heavy (non-hydrogen) atoms. The Morgan fingerprint density at radius 1 is 1.03 bits per heavy atom. The van der Waals surface area contributed by atoms with E-state index in [0.29, 0.717) is 88.6 Å². The monoisotopic (exact) mass is 501 g/mol. The predicted octanol–water partition coefficient (Wildman–Crippen LogP) is 0.941. The lowest BCUT2D eigenvalue weighted by Gasteiger charge is -2.30. The van der Waals surface area contributed by atoms with E-state index in [4.69, 9.17) is 23.7 Å². The number of anilines is 3. The summed E-state index contributed by atoms with van der Waals surface area (Å²) in [7, 11) is 1.52. The third-order valence-electron chi connectivity index (χ3n) is 5.42. The minimum atomic E-state index is -0.445. The van der Waals surface area contributed by atoms with E-state index in [1.54, 1.807) is 31.3 Å². The molecule has 4 rings (SSSR count). The van der Waals surface area contributed by atoms with Crippen molar-refractivity contribution in [3.05, 3.63) is 23.8 Å². The number of nitrogens with zero attached hydrogens (tertiary/aromatic N) is 6. The largest absolute Gasteiger partial charge is 0.493 e. The van der Waals surface area contributed by atoms with Gasteiger partial charge in [0.2, 0.25) is 17.8 Å². The number of ether oxygens (including phenoxy) is 5. The number of benzene rings is 1. The van der Waals surface area contributed by atoms with Crippen LogP contribution in [0.5, 0.6) is 11.5 Å². The van der Waals surface area contributed by atoms with Crippen molar-refractivity contribution in [2.45, 2.75) is 6.92 Å². The molecule has 13 heteroatoms. The van der Waals surface area contributed by atoms with E-state index in [0.717, 1.165) is 5.56 Å². The number of morpholine rings is 2. The molecule has 13 nitrogen and oxygen atoms in total. The molecule has 0 amide bonds. The van der Waals surface area contributed by atoms with Crippen molar-refractivity contribution in [1.29, 1.82) is 0 Å². The van der Waals surface area contributed by atoms with Crippen molar-refractivity contribution in [2.24, 2.45) is 5.10 Å². The van der Waals surface area contributed by atoms with Gasteiger partial charge in [-0.15, -0.1) is 0 Å². The lowest BCUT2D eigenvalue weighted by atomic mass is 10.2. The molecule has 1 N–H and O–H groups in total. The van der Waals surface area contributed by atoms with Crippen molar-refractivity contribution in [3.8, 4) is 11.5 Å². The van der Waals surface area contributed by atoms with Gasteiger partial charge in [-0.05, 0) is 30.7 Å². The number of hydrogen-bond acceptors (Lipinski definition) is 13. The van der Waals surface area contributed by atoms with Gasteiger partial charge in [-0.25, -0.2) is 10.2 Å². The molecule has 1 aromatic heterocycles. The van der Waals surface area contributed by atoms with Gasteiger partial charge in [-0.1, -0.05) is 0 Å². The van der Waals surface area contributed by atoms with Gasteiger partial charge in [-0.2, -0.15) is 20.1 Å². The average Bonchev–Trinajstić information content (AvgIpc) is 2.93. The maximum Gasteiger partial charge on any atom is 0.344 e. The highest BCUT2D eigenvalue weighted by atomic mass is 16.6. The summed E-state index contributed by atoms with van der Waals surface area (Å²) in [6, 6.07) is 5.24. The van der Waals surface area contributed by atoms with Crippen LogP contribution in [0.15, 0.2) is 23.3 Å². The summed E-state index contributed by atoms with van der Waals surface area (Å²) in [4.78, 5) is 29.5. The lowest BCUT2D eigenvalue weighted by molar-refractivity contribution is -0.145. The molecule has 0 spiro atoms. The minimum Gasteiger partial charge on any atom is -0.493 e. The fourth-order valence-electron chi connectivity index (χ4n) is 3.60. The number of nitrogens with one attached hydrogen (secondary N) is 1. The summed E-state index contributed by atoms with van der Waals surface area (Å²) in [5, 5.41) is 4.30. The number of hydrogen-bond donors (Lipinski definition) is 1. The maximum absolute atomic E-state index is 11.6. The first-order chi connectivity index (χ1) is 17.7. The van der Waals surface area contributed by atoms with Crippen LogP contribution in [0.2, 0.25) is 0 Å². The molecule has 0 unspecified atom stereocenters. The van der Waals surface area contributed by atoms with Gasteiger partial charge in [0.25, 0.3) is 0 Å². The van der Waals surface area contributed by atoms with Gasteiger partial charge < -0.3 is 33.5 Å². The number of carbonyl (C=O) groups is 1. The Bertz CT molecular complexity index is 1010. The van der Waals surface area contributed by atoms with Crippen LogP contribution in [-0.2, 0) is 19.0 Å². The van der Waals surface area contributed by atoms with Gasteiger partial charge in [0, 0.05) is 26.2 Å². The van der Waals surface area contributed by atoms with Crippen LogP contribution < -0.4 is 24.7 Å². The van der Waals surface area contributed by atoms with Crippen LogP contribution >= 0.6 is 0 Å². The highest BCUT2D eigenvalue weighted by Gasteiger charge is 2.20. The molecule has 0 aliphatic carbocycles. The summed E-state index contributed by atoms with van der Waals surface area (Å²) in [5.74, 6) is 1.95. The molecule has 2 saturated heterocycles. The number of hydrazone groups is 1. The first-order valence-corrected chi connectivity index (χ1v) is 11.8. The lowest BCUT2D eigenvalue weighted by Crippen LogP contribution is -2.40. The normalized spacial score (nSPS) is 16.2. The third-order valence-corrected chi connectivity index (χ3v) is 5.42. The molecule has 0 radical (unpaired) electrons. The van der Waals surface area contributed by atoms with Crippen LogP contribution in [0.3, 0.4) is 0 Å². The molecule has 0 atom stereocenters. The first kappa shape index (κ1) is 25.4. The fraction of sp³-hybridized carbons (Fsp3) is 0.522. The molecule has 2 aliphatic heterocycles. The zero-order chi connectivity index (χ0) is 25.2. The van der Waals surface area contributed by atoms with E-state index < -0.39 is 5.97 Å². The Morgan fingerprint density at radius 3 is 2.25 bits per heavy atom. The molecular weight excluding hydrogens is 470 g/mol. The summed E-state index contributed by atoms with van der Waals surface area (Å²) in [6.45, 7) is 7.17. The molecule has 3 heterocycles. The van der Waals surface area contributed by atoms with Crippen LogP contribution in [0.25, 0.3) is 0 Å². The predicted molar refractivity (Wildman–Crippen MR) is 132 cm³/mol. The molecule has 194 valence electrons. The quantitative estimate of drug-likeness (QED) is 0.282. The smallest absolute Gasteiger partial charge is 0.344 e. The van der Waals surface area contributed by atoms with Crippen molar-refractivity contribution in [2.75, 3.05) is 88.2 Å². The van der Waals surface area contributed by atoms with E-state index in [-0.39, 0.29) is 6.61 Å². The number of aromatic nitrogens is 3. The molecule has 2 aromatic rings. The molecule has 0 bridgehead atoms. The SMILES string of the molecule is CCOC(=O)COc1ccc(C=NNc2nc(N3CCOCC3)nc(N3CCOCC3)n2)cc1OC. The van der Waals surface area contributed by atoms with Crippen LogP contribution in [-0.4, -0.2) is 100 Å². The van der Waals surface area contributed by atoms with Crippen molar-refractivity contribution in [3.63, 3.8) is 0 Å². The molecule has 2 aliphatic rings. The number of esters is 1. The Morgan fingerprint density at radius 2 is 1.67 bits per heavy atom. The minimum absolute atomic E-state index is 0.199. The number of methoxy groups -OCH3 is 1. The fourth-order valence-corrected chi connectivity index (χ4v) is 3.60. The molecule has 0 saturated carbocycles. The standard InChI is InChI=1S/C23H31N7O6/c1-3-35-20(31)16-36-18-5-4-17(14-19(18)32-2)15-24-28-21-25-22(29-6-10-33-11-7-29)27-23(26-21)30-8-12-34-13-9-30/h4-5,14-15H,3,6-13,16H2,1-2H3,(H,25,26,27,28). The highest BCUT2D eigenvalue weighted by molar-refractivity contribution is 5.81. The maximum atomic E-state index is 11.6. The zero-order valence-electron chi connectivity index (χ0n) is 20.5. The molecule has 2 fully saturated rings. The van der Waals surface area contributed by atoms with Crippen molar-refractivity contribution in [1.82, 2.24) is 15.0 Å². The summed E-state index contributed by atoms with van der Waals surface area (Å²) in [5.41, 5.74) is 3.67. The van der Waals surface area contributed by atoms with Gasteiger partial charge >= 0.3 is 5.97 Å². The summed E-state index contributed by atoms with van der Waals surface area (Å²) >= 11 is 0. The first-order valence-electron chi connectivity index (χ1n) is 11.8. The van der Waals surface area contributed by atoms with Gasteiger partial charge in [0.1, 0.15) is 0 Å². The van der Waals surface area contributed by atoms with E-state index in [1.807, 2.05) is 0 Å². The van der Waals surface area contributed by atoms with E-state index in [9.17, 15) is 4.79 Å². The third kappa shape index (κ3) is 6.92. The number of carbonyl (C=O) groups excluding carboxylic acids is 1. The van der Waals surface area contributed by atoms with Crippen LogP contribution in [0.4, 0.5) is 17.8 Å². The molecule has 1 aromatic carbocycles. The number of rotatable bonds is 10. The average molecular weight is 502 g/mol. The Kier molecular flexibility index (Phi) is 9.05. The molecular formula is C23H31N7O6. The van der Waals surface area contributed by atoms with Crippen molar-refractivity contribution >= 4 is 30.0 Å².